The lowest BCUT2D eigenvalue weighted by Gasteiger charge is -2.15. The molecule has 2 aromatic rings. The summed E-state index contributed by atoms with van der Waals surface area (Å²) in [6.45, 7) is 7.14. The molecule has 0 atom stereocenters. The van der Waals surface area contributed by atoms with E-state index in [0.29, 0.717) is 36.9 Å². The molecule has 0 heterocycles. The molecule has 2 rings (SSSR count). The molecular weight excluding hydrogens is 332 g/mol. The molecule has 0 fully saturated rings. The van der Waals surface area contributed by atoms with Crippen molar-refractivity contribution in [1.29, 1.82) is 0 Å². The number of amides is 2. The van der Waals surface area contributed by atoms with Gasteiger partial charge in [0.05, 0.1) is 24.9 Å². The zero-order chi connectivity index (χ0) is 18.8. The van der Waals surface area contributed by atoms with E-state index in [9.17, 15) is 4.79 Å². The number of hydrogen-bond donors (Lipinski definition) is 2. The van der Waals surface area contributed by atoms with Crippen molar-refractivity contribution in [2.24, 2.45) is 0 Å². The molecule has 2 N–H and O–H groups in total. The third-order valence-electron chi connectivity index (χ3n) is 3.27. The van der Waals surface area contributed by atoms with Crippen molar-refractivity contribution in [2.75, 3.05) is 25.1 Å². The van der Waals surface area contributed by atoms with Gasteiger partial charge in [-0.15, -0.1) is 0 Å². The minimum atomic E-state index is -0.309. The topological polar surface area (TPSA) is 68.8 Å². The molecule has 0 spiro atoms. The van der Waals surface area contributed by atoms with Gasteiger partial charge in [0, 0.05) is 6.07 Å². The second kappa shape index (κ2) is 10.2. The van der Waals surface area contributed by atoms with Crippen LogP contribution in [0.2, 0.25) is 0 Å². The number of hydrogen-bond acceptors (Lipinski definition) is 4. The van der Waals surface area contributed by atoms with Crippen molar-refractivity contribution in [3.05, 3.63) is 48.5 Å². The molecule has 0 radical (unpaired) electrons. The Morgan fingerprint density at radius 2 is 1.77 bits per heavy atom. The van der Waals surface area contributed by atoms with Crippen molar-refractivity contribution in [3.63, 3.8) is 0 Å². The molecule has 0 bridgehead atoms. The summed E-state index contributed by atoms with van der Waals surface area (Å²) < 4.78 is 16.7. The van der Waals surface area contributed by atoms with E-state index in [2.05, 4.69) is 10.6 Å². The predicted octanol–water partition coefficient (Wildman–Crippen LogP) is 4.07. The molecule has 2 aromatic carbocycles. The lowest BCUT2D eigenvalue weighted by atomic mass is 10.3. The number of rotatable bonds is 9. The number of nitrogens with one attached hydrogen (secondary N) is 2. The lowest BCUT2D eigenvalue weighted by molar-refractivity contribution is 0.240. The van der Waals surface area contributed by atoms with Crippen LogP contribution < -0.4 is 24.8 Å². The minimum Gasteiger partial charge on any atom is -0.494 e. The molecule has 0 saturated carbocycles. The monoisotopic (exact) mass is 358 g/mol. The fourth-order valence-corrected chi connectivity index (χ4v) is 2.25. The lowest BCUT2D eigenvalue weighted by Crippen LogP contribution is -2.32. The first-order valence-electron chi connectivity index (χ1n) is 8.74. The van der Waals surface area contributed by atoms with Crippen LogP contribution >= 0.6 is 0 Å². The van der Waals surface area contributed by atoms with Crippen LogP contribution in [0.1, 0.15) is 20.8 Å². The van der Waals surface area contributed by atoms with Gasteiger partial charge in [0.1, 0.15) is 23.9 Å². The quantitative estimate of drug-likeness (QED) is 0.663. The van der Waals surface area contributed by atoms with Gasteiger partial charge >= 0.3 is 6.03 Å². The molecule has 0 aliphatic heterocycles. The number of benzene rings is 2. The van der Waals surface area contributed by atoms with Crippen LogP contribution in [-0.2, 0) is 0 Å². The number of carbonyl (C=O) groups excluding carboxylic acids is 1. The average molecular weight is 358 g/mol. The zero-order valence-corrected chi connectivity index (χ0v) is 15.5. The third kappa shape index (κ3) is 6.55. The molecule has 0 aromatic heterocycles. The van der Waals surface area contributed by atoms with Crippen LogP contribution in [-0.4, -0.2) is 31.9 Å². The van der Waals surface area contributed by atoms with Gasteiger partial charge < -0.3 is 24.8 Å². The maximum Gasteiger partial charge on any atom is 0.319 e. The minimum absolute atomic E-state index is 0.0295. The molecule has 0 saturated heterocycles. The van der Waals surface area contributed by atoms with Crippen LogP contribution in [0.4, 0.5) is 10.5 Å². The Kier molecular flexibility index (Phi) is 7.61. The van der Waals surface area contributed by atoms with E-state index in [-0.39, 0.29) is 12.1 Å². The maximum absolute atomic E-state index is 12.0. The van der Waals surface area contributed by atoms with Gasteiger partial charge in [-0.1, -0.05) is 18.2 Å². The van der Waals surface area contributed by atoms with Crippen LogP contribution in [0.25, 0.3) is 0 Å². The van der Waals surface area contributed by atoms with E-state index in [1.165, 1.54) is 0 Å². The molecule has 26 heavy (non-hydrogen) atoms. The highest BCUT2D eigenvalue weighted by Gasteiger charge is 2.08. The SMILES string of the molecule is CCOc1cccc(OCCNC(=O)Nc2ccccc2OC(C)C)c1. The Hall–Kier alpha value is -2.89. The Bertz CT molecular complexity index is 704. The number of carbonyl (C=O) groups is 1. The average Bonchev–Trinajstić information content (AvgIpc) is 2.61. The van der Waals surface area contributed by atoms with Gasteiger partial charge in [-0.25, -0.2) is 4.79 Å². The first-order valence-corrected chi connectivity index (χ1v) is 8.74. The van der Waals surface area contributed by atoms with E-state index in [1.807, 2.05) is 63.2 Å². The Labute approximate surface area is 154 Å². The first-order chi connectivity index (χ1) is 12.6. The van der Waals surface area contributed by atoms with Crippen molar-refractivity contribution in [3.8, 4) is 17.2 Å². The number of anilines is 1. The van der Waals surface area contributed by atoms with Crippen LogP contribution in [0.3, 0.4) is 0 Å². The summed E-state index contributed by atoms with van der Waals surface area (Å²) in [4.78, 5) is 12.0. The normalized spacial score (nSPS) is 10.3. The van der Waals surface area contributed by atoms with E-state index in [0.717, 1.165) is 5.75 Å². The first kappa shape index (κ1) is 19.4. The van der Waals surface area contributed by atoms with Gasteiger partial charge in [0.2, 0.25) is 0 Å². The molecular formula is C20H26N2O4. The summed E-state index contributed by atoms with van der Waals surface area (Å²) >= 11 is 0. The molecule has 6 heteroatoms. The highest BCUT2D eigenvalue weighted by Crippen LogP contribution is 2.24. The van der Waals surface area contributed by atoms with Gasteiger partial charge in [-0.05, 0) is 45.0 Å². The van der Waals surface area contributed by atoms with Crippen molar-refractivity contribution < 1.29 is 19.0 Å². The van der Waals surface area contributed by atoms with Gasteiger partial charge in [-0.3, -0.25) is 0 Å². The molecule has 0 unspecified atom stereocenters. The summed E-state index contributed by atoms with van der Waals surface area (Å²) in [5.41, 5.74) is 0.629. The molecule has 0 aliphatic carbocycles. The Morgan fingerprint density at radius 1 is 1.04 bits per heavy atom. The van der Waals surface area contributed by atoms with E-state index in [1.54, 1.807) is 6.07 Å². The molecule has 6 nitrogen and oxygen atoms in total. The highest BCUT2D eigenvalue weighted by molar-refractivity contribution is 5.90. The van der Waals surface area contributed by atoms with Gasteiger partial charge in [-0.2, -0.15) is 0 Å². The summed E-state index contributed by atoms with van der Waals surface area (Å²) in [6, 6.07) is 14.4. The van der Waals surface area contributed by atoms with Gasteiger partial charge in [0.15, 0.2) is 0 Å². The van der Waals surface area contributed by atoms with Crippen LogP contribution in [0.15, 0.2) is 48.5 Å². The maximum atomic E-state index is 12.0. The fraction of sp³-hybridized carbons (Fsp3) is 0.350. The van der Waals surface area contributed by atoms with Crippen LogP contribution in [0.5, 0.6) is 17.2 Å². The Balaban J connectivity index is 1.77. The summed E-state index contributed by atoms with van der Waals surface area (Å²) in [5.74, 6) is 2.10. The van der Waals surface area contributed by atoms with Crippen LogP contribution in [0, 0.1) is 0 Å². The third-order valence-corrected chi connectivity index (χ3v) is 3.27. The molecule has 0 aliphatic rings. The zero-order valence-electron chi connectivity index (χ0n) is 15.5. The molecule has 140 valence electrons. The second-order valence-corrected chi connectivity index (χ2v) is 5.80. The van der Waals surface area contributed by atoms with Crippen molar-refractivity contribution in [2.45, 2.75) is 26.9 Å². The van der Waals surface area contributed by atoms with Crippen molar-refractivity contribution in [1.82, 2.24) is 5.32 Å². The predicted molar refractivity (Wildman–Crippen MR) is 102 cm³/mol. The second-order valence-electron chi connectivity index (χ2n) is 5.80. The van der Waals surface area contributed by atoms with E-state index >= 15 is 0 Å². The number of para-hydroxylation sites is 2. The van der Waals surface area contributed by atoms with E-state index < -0.39 is 0 Å². The Morgan fingerprint density at radius 3 is 2.50 bits per heavy atom. The summed E-state index contributed by atoms with van der Waals surface area (Å²) in [7, 11) is 0. The fourth-order valence-electron chi connectivity index (χ4n) is 2.25. The number of ether oxygens (including phenoxy) is 3. The summed E-state index contributed by atoms with van der Waals surface area (Å²) in [5, 5.41) is 5.55. The van der Waals surface area contributed by atoms with E-state index in [4.69, 9.17) is 14.2 Å². The summed E-state index contributed by atoms with van der Waals surface area (Å²) in [6.07, 6.45) is 0.0295. The smallest absolute Gasteiger partial charge is 0.319 e. The van der Waals surface area contributed by atoms with Gasteiger partial charge in [0.25, 0.3) is 0 Å². The molecule has 2 amide bonds. The highest BCUT2D eigenvalue weighted by atomic mass is 16.5. The standard InChI is InChI=1S/C20H26N2O4/c1-4-24-16-8-7-9-17(14-16)25-13-12-21-20(23)22-18-10-5-6-11-19(18)26-15(2)3/h5-11,14-15H,4,12-13H2,1-3H3,(H2,21,22,23). The largest absolute Gasteiger partial charge is 0.494 e. The number of urea groups is 1. The van der Waals surface area contributed by atoms with Crippen molar-refractivity contribution >= 4 is 11.7 Å².